The third kappa shape index (κ3) is 3.83. The molecule has 0 heterocycles. The van der Waals surface area contributed by atoms with Gasteiger partial charge >= 0.3 is 183 Å². The van der Waals surface area contributed by atoms with Crippen molar-refractivity contribution in [3.63, 3.8) is 0 Å². The third-order valence-electron chi connectivity index (χ3n) is 5.79. The molecular formula is C25H25IOSn. The van der Waals surface area contributed by atoms with Gasteiger partial charge in [0, 0.05) is 0 Å². The van der Waals surface area contributed by atoms with Crippen LogP contribution in [0.3, 0.4) is 0 Å². The van der Waals surface area contributed by atoms with Gasteiger partial charge in [-0.2, -0.15) is 0 Å². The first kappa shape index (κ1) is 20.2. The van der Waals surface area contributed by atoms with E-state index in [4.69, 9.17) is 0 Å². The van der Waals surface area contributed by atoms with Gasteiger partial charge in [-0.05, 0) is 0 Å². The second-order valence-electron chi connectivity index (χ2n) is 7.86. The Morgan fingerprint density at radius 3 is 1.96 bits per heavy atom. The van der Waals surface area contributed by atoms with Gasteiger partial charge in [-0.3, -0.25) is 0 Å². The zero-order valence-corrected chi connectivity index (χ0v) is 21.3. The summed E-state index contributed by atoms with van der Waals surface area (Å²) in [6, 6.07) is 26.3. The van der Waals surface area contributed by atoms with Crippen LogP contribution in [-0.4, -0.2) is 19.5 Å². The van der Waals surface area contributed by atoms with Crippen LogP contribution in [0.2, 0.25) is 0 Å². The molecule has 28 heavy (non-hydrogen) atoms. The van der Waals surface area contributed by atoms with E-state index in [1.165, 1.54) is 23.8 Å². The molecule has 4 rings (SSSR count). The fraction of sp³-hybridized carbons (Fsp3) is 0.200. The average molecular weight is 587 g/mol. The minimum atomic E-state index is -3.08. The van der Waals surface area contributed by atoms with Crippen molar-refractivity contribution in [2.75, 3.05) is 0 Å². The zero-order chi connectivity index (χ0) is 19.8. The van der Waals surface area contributed by atoms with Crippen LogP contribution < -0.4 is 7.16 Å². The van der Waals surface area contributed by atoms with Crippen LogP contribution in [0.25, 0.3) is 0 Å². The van der Waals surface area contributed by atoms with Gasteiger partial charge in [0.2, 0.25) is 0 Å². The van der Waals surface area contributed by atoms with Crippen molar-refractivity contribution in [2.24, 2.45) is 0 Å². The number of rotatable bonds is 4. The fourth-order valence-corrected chi connectivity index (χ4v) is 17.2. The predicted molar refractivity (Wildman–Crippen MR) is 129 cm³/mol. The number of benzene rings is 3. The van der Waals surface area contributed by atoms with Crippen LogP contribution in [0.5, 0.6) is 0 Å². The molecule has 0 amide bonds. The van der Waals surface area contributed by atoms with Crippen molar-refractivity contribution in [3.05, 3.63) is 105 Å². The molecule has 1 atom stereocenters. The van der Waals surface area contributed by atoms with Crippen LogP contribution in [-0.2, 0) is 12.0 Å². The fourth-order valence-electron chi connectivity index (χ4n) is 4.00. The standard InChI is InChI=1S/C11H11O.2C7H7.HI.Sn/c1-2-11(12)8-7-9-5-3-4-6-10(9)11;2*1-7-5-3-2-4-6-7;;/h1-6,12H,7-8H2;2*3-6H,1H3;1H;/q;;;;+1/p-1. The topological polar surface area (TPSA) is 20.2 Å². The van der Waals surface area contributed by atoms with Gasteiger partial charge in [0.25, 0.3) is 0 Å². The predicted octanol–water partition coefficient (Wildman–Crippen LogP) is 4.73. The van der Waals surface area contributed by atoms with Crippen molar-refractivity contribution in [3.8, 4) is 0 Å². The molecule has 1 nitrogen and oxygen atoms in total. The SMILES string of the molecule is Cc1cc[c]([Sn]([I])(/[CH]=C\C2(O)CCc3ccccc32)[c]2ccc(C)cc2)cc1. The maximum atomic E-state index is 11.4. The monoisotopic (exact) mass is 588 g/mol. The Kier molecular flexibility index (Phi) is 5.73. The number of aliphatic hydroxyl groups is 1. The normalized spacial score (nSPS) is 19.1. The number of fused-ring (bicyclic) bond motifs is 1. The molecular weight excluding hydrogens is 562 g/mol. The summed E-state index contributed by atoms with van der Waals surface area (Å²) in [5.74, 6) is 0. The molecule has 0 saturated heterocycles. The molecule has 0 aliphatic heterocycles. The number of hydrogen-bond donors (Lipinski definition) is 1. The van der Waals surface area contributed by atoms with Crippen LogP contribution in [0.4, 0.5) is 0 Å². The van der Waals surface area contributed by atoms with E-state index in [1.54, 1.807) is 0 Å². The van der Waals surface area contributed by atoms with Crippen molar-refractivity contribution < 1.29 is 5.11 Å². The summed E-state index contributed by atoms with van der Waals surface area (Å²) in [4.78, 5) is 0. The Morgan fingerprint density at radius 2 is 1.39 bits per heavy atom. The Bertz CT molecular complexity index is 962. The zero-order valence-electron chi connectivity index (χ0n) is 16.3. The van der Waals surface area contributed by atoms with Gasteiger partial charge in [-0.25, -0.2) is 0 Å². The Labute approximate surface area is 181 Å². The van der Waals surface area contributed by atoms with E-state index in [2.05, 4.69) is 109 Å². The van der Waals surface area contributed by atoms with Crippen LogP contribution in [0, 0.1) is 13.8 Å². The van der Waals surface area contributed by atoms with E-state index in [-0.39, 0.29) is 0 Å². The van der Waals surface area contributed by atoms with Gasteiger partial charge in [-0.1, -0.05) is 0 Å². The number of aryl methyl sites for hydroxylation is 3. The Balaban J connectivity index is 1.79. The summed E-state index contributed by atoms with van der Waals surface area (Å²) in [6.07, 6.45) is 3.82. The first-order valence-corrected chi connectivity index (χ1v) is 22.6. The van der Waals surface area contributed by atoms with Crippen molar-refractivity contribution >= 4 is 40.2 Å². The van der Waals surface area contributed by atoms with E-state index >= 15 is 0 Å². The second-order valence-corrected chi connectivity index (χ2v) is 27.6. The van der Waals surface area contributed by atoms with E-state index < -0.39 is 20.0 Å². The molecule has 142 valence electrons. The Hall–Kier alpha value is -1.11. The second kappa shape index (κ2) is 7.96. The van der Waals surface area contributed by atoms with Gasteiger partial charge in [0.1, 0.15) is 0 Å². The van der Waals surface area contributed by atoms with E-state index in [0.29, 0.717) is 0 Å². The molecule has 3 heteroatoms. The molecule has 3 aromatic rings. The van der Waals surface area contributed by atoms with Gasteiger partial charge < -0.3 is 0 Å². The van der Waals surface area contributed by atoms with Gasteiger partial charge in [0.05, 0.1) is 0 Å². The summed E-state index contributed by atoms with van der Waals surface area (Å²) in [5.41, 5.74) is 4.06. The summed E-state index contributed by atoms with van der Waals surface area (Å²) >= 11 is -0.347. The molecule has 1 N–H and O–H groups in total. The average Bonchev–Trinajstić information content (AvgIpc) is 3.05. The van der Waals surface area contributed by atoms with E-state index in [1.807, 2.05) is 6.07 Å². The van der Waals surface area contributed by atoms with Crippen molar-refractivity contribution in [2.45, 2.75) is 32.3 Å². The molecule has 1 aliphatic carbocycles. The molecule has 0 bridgehead atoms. The molecule has 0 spiro atoms. The summed E-state index contributed by atoms with van der Waals surface area (Å²) in [5, 5.41) is 11.4. The van der Waals surface area contributed by atoms with Crippen molar-refractivity contribution in [1.29, 1.82) is 0 Å². The summed E-state index contributed by atoms with van der Waals surface area (Å²) in [6.45, 7) is 4.27. The van der Waals surface area contributed by atoms with Gasteiger partial charge in [-0.15, -0.1) is 0 Å². The first-order chi connectivity index (χ1) is 13.4. The van der Waals surface area contributed by atoms with Gasteiger partial charge in [0.15, 0.2) is 0 Å². The van der Waals surface area contributed by atoms with E-state index in [0.717, 1.165) is 18.4 Å². The number of halogens is 1. The third-order valence-corrected chi connectivity index (χ3v) is 25.0. The van der Waals surface area contributed by atoms with E-state index in [9.17, 15) is 5.11 Å². The van der Waals surface area contributed by atoms with Crippen LogP contribution >= 0.6 is 18.6 Å². The Morgan fingerprint density at radius 1 is 0.857 bits per heavy atom. The van der Waals surface area contributed by atoms with Crippen LogP contribution in [0.15, 0.2) is 83.0 Å². The molecule has 0 radical (unpaired) electrons. The molecule has 0 aromatic heterocycles. The van der Waals surface area contributed by atoms with Crippen molar-refractivity contribution in [1.82, 2.24) is 0 Å². The first-order valence-electron chi connectivity index (χ1n) is 9.75. The summed E-state index contributed by atoms with van der Waals surface area (Å²) in [7, 11) is 0. The van der Waals surface area contributed by atoms with Crippen LogP contribution in [0.1, 0.15) is 28.7 Å². The maximum absolute atomic E-state index is 11.4. The number of hydrogen-bond acceptors (Lipinski definition) is 1. The molecule has 1 unspecified atom stereocenters. The summed E-state index contributed by atoms with van der Waals surface area (Å²) < 4.78 is 5.25. The quantitative estimate of drug-likeness (QED) is 0.346. The molecule has 3 aromatic carbocycles. The molecule has 1 aliphatic rings. The molecule has 0 saturated carbocycles. The molecule has 0 fully saturated rings. The minimum absolute atomic E-state index is 0.767.